The van der Waals surface area contributed by atoms with Gasteiger partial charge in [-0.2, -0.15) is 0 Å². The van der Waals surface area contributed by atoms with Crippen molar-refractivity contribution in [2.45, 2.75) is 13.0 Å². The van der Waals surface area contributed by atoms with Crippen molar-refractivity contribution in [3.63, 3.8) is 0 Å². The molecule has 2 N–H and O–H groups in total. The molecule has 0 bridgehead atoms. The molecule has 0 saturated carbocycles. The van der Waals surface area contributed by atoms with E-state index in [4.69, 9.17) is 4.74 Å². The topological polar surface area (TPSA) is 91.5 Å². The number of amides is 2. The lowest BCUT2D eigenvalue weighted by Gasteiger charge is -2.34. The van der Waals surface area contributed by atoms with Crippen molar-refractivity contribution < 1.29 is 14.3 Å². The van der Waals surface area contributed by atoms with E-state index in [1.807, 2.05) is 6.92 Å². The average Bonchev–Trinajstić information content (AvgIpc) is 2.47. The number of hydrogen-bond acceptors (Lipinski definition) is 4. The number of aromatic amines is 1. The Morgan fingerprint density at radius 1 is 1.50 bits per heavy atom. The largest absolute Gasteiger partial charge is 0.377 e. The third kappa shape index (κ3) is 3.05. The van der Waals surface area contributed by atoms with Crippen LogP contribution < -0.4 is 10.9 Å². The molecule has 7 nitrogen and oxygen atoms in total. The van der Waals surface area contributed by atoms with Crippen LogP contribution in [0.1, 0.15) is 17.4 Å². The molecule has 1 aliphatic heterocycles. The summed E-state index contributed by atoms with van der Waals surface area (Å²) in [6.07, 6.45) is 0. The molecule has 0 aliphatic carbocycles. The molecule has 2 amide bonds. The van der Waals surface area contributed by atoms with Crippen molar-refractivity contribution in [3.05, 3.63) is 34.2 Å². The van der Waals surface area contributed by atoms with E-state index in [-0.39, 0.29) is 29.7 Å². The molecule has 0 aromatic carbocycles. The number of hydrogen-bond donors (Lipinski definition) is 2. The van der Waals surface area contributed by atoms with Crippen LogP contribution in [0.4, 0.5) is 0 Å². The van der Waals surface area contributed by atoms with Crippen molar-refractivity contribution >= 4 is 11.8 Å². The van der Waals surface area contributed by atoms with Crippen LogP contribution in [0.2, 0.25) is 0 Å². The zero-order valence-corrected chi connectivity index (χ0v) is 11.2. The van der Waals surface area contributed by atoms with E-state index in [1.54, 1.807) is 0 Å². The molecule has 7 heteroatoms. The number of ether oxygens (including phenoxy) is 1. The van der Waals surface area contributed by atoms with E-state index in [0.29, 0.717) is 19.7 Å². The zero-order chi connectivity index (χ0) is 14.5. The summed E-state index contributed by atoms with van der Waals surface area (Å²) in [6.45, 7) is 3.15. The summed E-state index contributed by atoms with van der Waals surface area (Å²) < 4.78 is 5.26. The summed E-state index contributed by atoms with van der Waals surface area (Å²) in [5, 5.41) is 2.68. The number of morpholine rings is 1. The Morgan fingerprint density at radius 2 is 2.30 bits per heavy atom. The van der Waals surface area contributed by atoms with Gasteiger partial charge in [-0.3, -0.25) is 14.4 Å². The number of carbonyl (C=O) groups is 2. The molecular formula is C13H17N3O4. The van der Waals surface area contributed by atoms with Crippen LogP contribution in [-0.2, 0) is 9.53 Å². The summed E-state index contributed by atoms with van der Waals surface area (Å²) in [6, 6.07) is 3.69. The number of aromatic nitrogens is 1. The molecule has 1 unspecified atom stereocenters. The minimum atomic E-state index is -0.667. The minimum absolute atomic E-state index is 0.161. The van der Waals surface area contributed by atoms with Crippen LogP contribution in [0.25, 0.3) is 0 Å². The van der Waals surface area contributed by atoms with E-state index in [0.717, 1.165) is 0 Å². The quantitative estimate of drug-likeness (QED) is 0.769. The smallest absolute Gasteiger partial charge is 0.271 e. The predicted octanol–water partition coefficient (Wildman–Crippen LogP) is -0.648. The molecule has 108 valence electrons. The molecule has 1 saturated heterocycles. The minimum Gasteiger partial charge on any atom is -0.377 e. The highest BCUT2D eigenvalue weighted by Gasteiger charge is 2.33. The molecule has 1 atom stereocenters. The van der Waals surface area contributed by atoms with Crippen LogP contribution in [0.3, 0.4) is 0 Å². The third-order valence-electron chi connectivity index (χ3n) is 3.04. The van der Waals surface area contributed by atoms with Crippen molar-refractivity contribution in [1.29, 1.82) is 0 Å². The third-order valence-corrected chi connectivity index (χ3v) is 3.04. The van der Waals surface area contributed by atoms with Crippen molar-refractivity contribution in [2.24, 2.45) is 0 Å². The highest BCUT2D eigenvalue weighted by atomic mass is 16.5. The maximum atomic E-state index is 12.4. The number of nitrogens with one attached hydrogen (secondary N) is 2. The molecule has 1 fully saturated rings. The molecule has 20 heavy (non-hydrogen) atoms. The van der Waals surface area contributed by atoms with Gasteiger partial charge in [0.25, 0.3) is 5.91 Å². The molecular weight excluding hydrogens is 262 g/mol. The first kappa shape index (κ1) is 14.3. The zero-order valence-electron chi connectivity index (χ0n) is 11.2. The molecule has 0 radical (unpaired) electrons. The van der Waals surface area contributed by atoms with Gasteiger partial charge in [-0.15, -0.1) is 0 Å². The Morgan fingerprint density at radius 3 is 3.00 bits per heavy atom. The van der Waals surface area contributed by atoms with Gasteiger partial charge in [-0.1, -0.05) is 6.07 Å². The summed E-state index contributed by atoms with van der Waals surface area (Å²) >= 11 is 0. The van der Waals surface area contributed by atoms with Gasteiger partial charge in [-0.25, -0.2) is 0 Å². The van der Waals surface area contributed by atoms with Crippen LogP contribution in [0, 0.1) is 0 Å². The first-order valence-electron chi connectivity index (χ1n) is 6.49. The van der Waals surface area contributed by atoms with Gasteiger partial charge >= 0.3 is 0 Å². The van der Waals surface area contributed by atoms with Crippen molar-refractivity contribution in [2.75, 3.05) is 26.3 Å². The summed E-state index contributed by atoms with van der Waals surface area (Å²) in [7, 11) is 0. The lowest BCUT2D eigenvalue weighted by Crippen LogP contribution is -2.56. The van der Waals surface area contributed by atoms with Crippen LogP contribution in [0.15, 0.2) is 23.0 Å². The van der Waals surface area contributed by atoms with Gasteiger partial charge in [0.15, 0.2) is 0 Å². The number of H-pyrrole nitrogens is 1. The van der Waals surface area contributed by atoms with E-state index >= 15 is 0 Å². The summed E-state index contributed by atoms with van der Waals surface area (Å²) in [4.78, 5) is 39.5. The monoisotopic (exact) mass is 279 g/mol. The van der Waals surface area contributed by atoms with Gasteiger partial charge in [0, 0.05) is 19.2 Å². The van der Waals surface area contributed by atoms with E-state index < -0.39 is 6.04 Å². The molecule has 1 aliphatic rings. The second-order valence-corrected chi connectivity index (χ2v) is 4.41. The highest BCUT2D eigenvalue weighted by molar-refractivity contribution is 5.96. The van der Waals surface area contributed by atoms with E-state index in [9.17, 15) is 14.4 Å². The standard InChI is InChI=1S/C13H17N3O4/c1-2-14-12(18)10-8-20-7-6-16(10)13(19)9-4-3-5-11(17)15-9/h3-5,10H,2,6-8H2,1H3,(H,14,18)(H,15,17). The number of carbonyl (C=O) groups excluding carboxylic acids is 2. The first-order valence-corrected chi connectivity index (χ1v) is 6.49. The lowest BCUT2D eigenvalue weighted by molar-refractivity contribution is -0.130. The van der Waals surface area contributed by atoms with Crippen molar-refractivity contribution in [1.82, 2.24) is 15.2 Å². The van der Waals surface area contributed by atoms with Crippen LogP contribution in [0.5, 0.6) is 0 Å². The summed E-state index contributed by atoms with van der Waals surface area (Å²) in [5.41, 5.74) is -0.174. The molecule has 2 rings (SSSR count). The van der Waals surface area contributed by atoms with E-state index in [1.165, 1.54) is 23.1 Å². The van der Waals surface area contributed by atoms with Crippen LogP contribution in [-0.4, -0.2) is 54.0 Å². The Kier molecular flexibility index (Phi) is 4.52. The summed E-state index contributed by atoms with van der Waals surface area (Å²) in [5.74, 6) is -0.624. The number of nitrogens with zero attached hydrogens (tertiary/aromatic N) is 1. The maximum Gasteiger partial charge on any atom is 0.271 e. The normalized spacial score (nSPS) is 18.6. The molecule has 0 spiro atoms. The molecule has 1 aromatic heterocycles. The lowest BCUT2D eigenvalue weighted by atomic mass is 10.2. The molecule has 1 aromatic rings. The first-order chi connectivity index (χ1) is 9.63. The Balaban J connectivity index is 2.21. The number of rotatable bonds is 3. The van der Waals surface area contributed by atoms with Crippen LogP contribution >= 0.6 is 0 Å². The highest BCUT2D eigenvalue weighted by Crippen LogP contribution is 2.11. The van der Waals surface area contributed by atoms with Gasteiger partial charge in [0.2, 0.25) is 11.5 Å². The maximum absolute atomic E-state index is 12.4. The molecule has 2 heterocycles. The fourth-order valence-electron chi connectivity index (χ4n) is 2.08. The van der Waals surface area contributed by atoms with Crippen molar-refractivity contribution in [3.8, 4) is 0 Å². The predicted molar refractivity (Wildman–Crippen MR) is 71.4 cm³/mol. The van der Waals surface area contributed by atoms with Gasteiger partial charge < -0.3 is 19.9 Å². The average molecular weight is 279 g/mol. The van der Waals surface area contributed by atoms with Gasteiger partial charge in [0.05, 0.1) is 13.2 Å². The second kappa shape index (κ2) is 6.33. The Hall–Kier alpha value is -2.15. The van der Waals surface area contributed by atoms with E-state index in [2.05, 4.69) is 10.3 Å². The SMILES string of the molecule is CCNC(=O)C1COCCN1C(=O)c1cccc(=O)[nH]1. The Bertz CT molecular complexity index is 555. The second-order valence-electron chi connectivity index (χ2n) is 4.41. The Labute approximate surface area is 115 Å². The van der Waals surface area contributed by atoms with Gasteiger partial charge in [0.1, 0.15) is 11.7 Å². The van der Waals surface area contributed by atoms with Gasteiger partial charge in [-0.05, 0) is 13.0 Å². The fraction of sp³-hybridized carbons (Fsp3) is 0.462. The number of likely N-dealkylation sites (N-methyl/N-ethyl adjacent to an activating group) is 1. The fourth-order valence-corrected chi connectivity index (χ4v) is 2.08. The number of pyridine rings is 1.